The molecule has 21 heavy (non-hydrogen) atoms. The van der Waals surface area contributed by atoms with Crippen molar-refractivity contribution < 1.29 is 14.3 Å². The molecule has 1 aliphatic heterocycles. The number of hydrogen-bond acceptors (Lipinski definition) is 4. The highest BCUT2D eigenvalue weighted by atomic mass is 16.6. The number of fused-ring (bicyclic) bond motifs is 2. The molecule has 1 aromatic rings. The summed E-state index contributed by atoms with van der Waals surface area (Å²) in [4.78, 5) is 29.1. The van der Waals surface area contributed by atoms with Crippen molar-refractivity contribution in [3.8, 4) is 0 Å². The average Bonchev–Trinajstić information content (AvgIpc) is 2.72. The fourth-order valence-electron chi connectivity index (χ4n) is 3.51. The molecular weight excluding hydrogens is 268 g/mol. The number of esters is 1. The van der Waals surface area contributed by atoms with Gasteiger partial charge >= 0.3 is 5.97 Å². The fraction of sp³-hybridized carbons (Fsp3) is 0.562. The molecule has 5 nitrogen and oxygen atoms in total. The van der Waals surface area contributed by atoms with Crippen LogP contribution in [0.4, 0.5) is 5.82 Å². The van der Waals surface area contributed by atoms with Gasteiger partial charge in [-0.2, -0.15) is 0 Å². The van der Waals surface area contributed by atoms with Crippen LogP contribution in [0.15, 0.2) is 18.3 Å². The van der Waals surface area contributed by atoms with Crippen molar-refractivity contribution in [2.75, 3.05) is 5.32 Å². The second-order valence-electron chi connectivity index (χ2n) is 6.85. The number of ether oxygens (including phenoxy) is 1. The van der Waals surface area contributed by atoms with Gasteiger partial charge in [-0.25, -0.2) is 4.98 Å². The van der Waals surface area contributed by atoms with Crippen molar-refractivity contribution >= 4 is 17.7 Å². The molecule has 2 heterocycles. The second kappa shape index (κ2) is 4.06. The minimum atomic E-state index is -1.09. The molecule has 2 bridgehead atoms. The topological polar surface area (TPSA) is 68.3 Å². The van der Waals surface area contributed by atoms with Crippen LogP contribution in [0.2, 0.25) is 0 Å². The quantitative estimate of drug-likeness (QED) is 0.849. The SMILES string of the molecule is Cc1ccc(NC(=O)[C@@]23CC[C@@](C)(C(=O)O2)C3(C)C)nc1. The first-order valence-electron chi connectivity index (χ1n) is 7.20. The standard InChI is InChI=1S/C16H20N2O3/c1-10-5-6-11(17-9-10)18-12(19)16-8-7-15(4,13(20)21-16)14(16,2)3/h5-6,9H,7-8H2,1-4H3,(H,17,18,19)/t15-,16+/m0/s1. The average molecular weight is 288 g/mol. The summed E-state index contributed by atoms with van der Waals surface area (Å²) in [6.45, 7) is 7.70. The Bertz CT molecular complexity index is 623. The maximum absolute atomic E-state index is 12.8. The van der Waals surface area contributed by atoms with Gasteiger partial charge in [-0.05, 0) is 38.3 Å². The van der Waals surface area contributed by atoms with E-state index in [1.165, 1.54) is 0 Å². The molecule has 112 valence electrons. The number of aromatic nitrogens is 1. The summed E-state index contributed by atoms with van der Waals surface area (Å²) in [5, 5.41) is 2.80. The zero-order valence-electron chi connectivity index (χ0n) is 12.8. The van der Waals surface area contributed by atoms with Gasteiger partial charge < -0.3 is 10.1 Å². The van der Waals surface area contributed by atoms with Crippen LogP contribution in [0.3, 0.4) is 0 Å². The van der Waals surface area contributed by atoms with Crippen LogP contribution in [0, 0.1) is 17.8 Å². The molecule has 1 aromatic heterocycles. The van der Waals surface area contributed by atoms with Crippen LogP contribution in [0.25, 0.3) is 0 Å². The smallest absolute Gasteiger partial charge is 0.313 e. The van der Waals surface area contributed by atoms with Crippen molar-refractivity contribution in [3.63, 3.8) is 0 Å². The third kappa shape index (κ3) is 1.60. The van der Waals surface area contributed by atoms with Gasteiger partial charge in [-0.3, -0.25) is 9.59 Å². The summed E-state index contributed by atoms with van der Waals surface area (Å²) >= 11 is 0. The summed E-state index contributed by atoms with van der Waals surface area (Å²) in [5.41, 5.74) is -1.20. The highest BCUT2D eigenvalue weighted by Crippen LogP contribution is 2.65. The summed E-state index contributed by atoms with van der Waals surface area (Å²) in [6.07, 6.45) is 2.92. The van der Waals surface area contributed by atoms with E-state index in [-0.39, 0.29) is 11.9 Å². The van der Waals surface area contributed by atoms with Crippen LogP contribution in [0.1, 0.15) is 39.2 Å². The zero-order valence-corrected chi connectivity index (χ0v) is 12.8. The third-order valence-electron chi connectivity index (χ3n) is 5.60. The summed E-state index contributed by atoms with van der Waals surface area (Å²) in [7, 11) is 0. The highest BCUT2D eigenvalue weighted by molar-refractivity contribution is 6.02. The van der Waals surface area contributed by atoms with Crippen molar-refractivity contribution in [3.05, 3.63) is 23.9 Å². The molecule has 5 heteroatoms. The summed E-state index contributed by atoms with van der Waals surface area (Å²) in [5.74, 6) is -0.0727. The monoisotopic (exact) mass is 288 g/mol. The third-order valence-corrected chi connectivity index (χ3v) is 5.60. The maximum Gasteiger partial charge on any atom is 0.313 e. The Morgan fingerprint density at radius 1 is 1.29 bits per heavy atom. The van der Waals surface area contributed by atoms with Gasteiger partial charge in [0, 0.05) is 11.6 Å². The number of pyridine rings is 1. The van der Waals surface area contributed by atoms with Gasteiger partial charge in [0.05, 0.1) is 5.41 Å². The number of carbonyl (C=O) groups excluding carboxylic acids is 2. The molecule has 0 radical (unpaired) electrons. The number of rotatable bonds is 2. The van der Waals surface area contributed by atoms with E-state index in [1.807, 2.05) is 33.8 Å². The molecular formula is C16H20N2O3. The Hall–Kier alpha value is -1.91. The normalized spacial score (nSPS) is 32.9. The molecule has 0 aromatic carbocycles. The van der Waals surface area contributed by atoms with Gasteiger partial charge in [0.15, 0.2) is 5.60 Å². The first kappa shape index (κ1) is 14.0. The van der Waals surface area contributed by atoms with Crippen LogP contribution in [0.5, 0.6) is 0 Å². The van der Waals surface area contributed by atoms with Gasteiger partial charge in [0.2, 0.25) is 0 Å². The van der Waals surface area contributed by atoms with Crippen molar-refractivity contribution in [2.45, 2.75) is 46.1 Å². The van der Waals surface area contributed by atoms with E-state index in [0.29, 0.717) is 18.7 Å². The fourth-order valence-corrected chi connectivity index (χ4v) is 3.51. The van der Waals surface area contributed by atoms with Crippen LogP contribution >= 0.6 is 0 Å². The molecule has 1 saturated heterocycles. The zero-order chi connectivity index (χ0) is 15.5. The first-order valence-corrected chi connectivity index (χ1v) is 7.20. The highest BCUT2D eigenvalue weighted by Gasteiger charge is 2.75. The molecule has 1 N–H and O–H groups in total. The Morgan fingerprint density at radius 3 is 2.48 bits per heavy atom. The van der Waals surface area contributed by atoms with E-state index >= 15 is 0 Å². The lowest BCUT2D eigenvalue weighted by atomic mass is 9.66. The maximum atomic E-state index is 12.8. The van der Waals surface area contributed by atoms with Crippen LogP contribution in [-0.4, -0.2) is 22.5 Å². The number of nitrogens with zero attached hydrogens (tertiary/aromatic N) is 1. The van der Waals surface area contributed by atoms with Gasteiger partial charge in [-0.15, -0.1) is 0 Å². The van der Waals surface area contributed by atoms with Crippen LogP contribution < -0.4 is 5.32 Å². The number of amides is 1. The Labute approximate surface area is 124 Å². The summed E-state index contributed by atoms with van der Waals surface area (Å²) < 4.78 is 5.55. The largest absolute Gasteiger partial charge is 0.448 e. The van der Waals surface area contributed by atoms with Gasteiger partial charge in [-0.1, -0.05) is 19.9 Å². The van der Waals surface area contributed by atoms with Crippen molar-refractivity contribution in [1.82, 2.24) is 4.98 Å². The molecule has 1 aliphatic carbocycles. The van der Waals surface area contributed by atoms with Gasteiger partial charge in [0.25, 0.3) is 5.91 Å². The molecule has 1 saturated carbocycles. The molecule has 2 aliphatic rings. The van der Waals surface area contributed by atoms with Crippen molar-refractivity contribution in [1.29, 1.82) is 0 Å². The Morgan fingerprint density at radius 2 is 2.00 bits per heavy atom. The molecule has 0 unspecified atom stereocenters. The van der Waals surface area contributed by atoms with Crippen LogP contribution in [-0.2, 0) is 14.3 Å². The lowest BCUT2D eigenvalue weighted by molar-refractivity contribution is -0.165. The lowest BCUT2D eigenvalue weighted by Gasteiger charge is -2.35. The molecule has 3 rings (SSSR count). The number of nitrogens with one attached hydrogen (secondary N) is 1. The molecule has 2 atom stereocenters. The number of hydrogen-bond donors (Lipinski definition) is 1. The Kier molecular flexibility index (Phi) is 2.71. The molecule has 0 spiro atoms. The predicted molar refractivity (Wildman–Crippen MR) is 77.5 cm³/mol. The second-order valence-corrected chi connectivity index (χ2v) is 6.85. The molecule has 2 fully saturated rings. The lowest BCUT2D eigenvalue weighted by Crippen LogP contribution is -2.50. The van der Waals surface area contributed by atoms with E-state index in [2.05, 4.69) is 10.3 Å². The van der Waals surface area contributed by atoms with Crippen molar-refractivity contribution in [2.24, 2.45) is 10.8 Å². The molecule has 1 amide bonds. The number of anilines is 1. The minimum absolute atomic E-state index is 0.272. The van der Waals surface area contributed by atoms with E-state index in [4.69, 9.17) is 4.74 Å². The number of carbonyl (C=O) groups is 2. The Balaban J connectivity index is 1.91. The van der Waals surface area contributed by atoms with Gasteiger partial charge in [0.1, 0.15) is 5.82 Å². The van der Waals surface area contributed by atoms with E-state index in [9.17, 15) is 9.59 Å². The van der Waals surface area contributed by atoms with E-state index in [1.54, 1.807) is 12.3 Å². The van der Waals surface area contributed by atoms with E-state index < -0.39 is 16.4 Å². The minimum Gasteiger partial charge on any atom is -0.448 e. The van der Waals surface area contributed by atoms with E-state index in [0.717, 1.165) is 5.56 Å². The first-order chi connectivity index (χ1) is 9.73. The number of aryl methyl sites for hydroxylation is 1. The summed E-state index contributed by atoms with van der Waals surface area (Å²) in [6, 6.07) is 3.63. The predicted octanol–water partition coefficient (Wildman–Crippen LogP) is 2.45.